The fourth-order valence-corrected chi connectivity index (χ4v) is 3.71. The molecule has 1 heterocycles. The number of urea groups is 1. The molecule has 1 aliphatic heterocycles. The van der Waals surface area contributed by atoms with Gasteiger partial charge in [-0.15, -0.1) is 0 Å². The van der Waals surface area contributed by atoms with Crippen LogP contribution in [0.3, 0.4) is 0 Å². The molecule has 164 valence electrons. The zero-order valence-electron chi connectivity index (χ0n) is 18.3. The minimum Gasteiger partial charge on any atom is -0.493 e. The predicted octanol–water partition coefficient (Wildman–Crippen LogP) is 2.91. The highest BCUT2D eigenvalue weighted by atomic mass is 16.5. The van der Waals surface area contributed by atoms with E-state index in [-0.39, 0.29) is 18.5 Å². The number of ether oxygens (including phenoxy) is 2. The first-order chi connectivity index (χ1) is 14.7. The normalized spacial score (nSPS) is 18.2. The van der Waals surface area contributed by atoms with Gasteiger partial charge >= 0.3 is 6.03 Å². The second-order valence-electron chi connectivity index (χ2n) is 7.71. The van der Waals surface area contributed by atoms with E-state index in [0.717, 1.165) is 4.90 Å². The number of benzene rings is 2. The first-order valence-corrected chi connectivity index (χ1v) is 9.96. The molecule has 8 nitrogen and oxygen atoms in total. The topological polar surface area (TPSA) is 88.2 Å². The number of nitrogens with one attached hydrogen (secondary N) is 1. The summed E-state index contributed by atoms with van der Waals surface area (Å²) < 4.78 is 10.6. The summed E-state index contributed by atoms with van der Waals surface area (Å²) in [5.41, 5.74) is -0.0915. The van der Waals surface area contributed by atoms with Crippen LogP contribution in [-0.4, -0.2) is 49.6 Å². The van der Waals surface area contributed by atoms with Crippen molar-refractivity contribution in [2.24, 2.45) is 0 Å². The van der Waals surface area contributed by atoms with Gasteiger partial charge in [-0.1, -0.05) is 24.3 Å². The van der Waals surface area contributed by atoms with Crippen LogP contribution in [0.1, 0.15) is 26.3 Å². The molecule has 0 aromatic heterocycles. The molecule has 0 spiro atoms. The van der Waals surface area contributed by atoms with Gasteiger partial charge < -0.3 is 19.7 Å². The number of rotatable bonds is 7. The number of hydrogen-bond acceptors (Lipinski definition) is 5. The van der Waals surface area contributed by atoms with E-state index < -0.39 is 17.5 Å². The summed E-state index contributed by atoms with van der Waals surface area (Å²) in [5, 5.41) is 2.72. The smallest absolute Gasteiger partial charge is 0.325 e. The van der Waals surface area contributed by atoms with Crippen molar-refractivity contribution >= 4 is 23.5 Å². The predicted molar refractivity (Wildman–Crippen MR) is 116 cm³/mol. The Labute approximate surface area is 181 Å². The maximum atomic E-state index is 13.3. The van der Waals surface area contributed by atoms with E-state index in [0.29, 0.717) is 22.7 Å². The Morgan fingerprint density at radius 3 is 2.29 bits per heavy atom. The number of carbonyl (C=O) groups excluding carboxylic acids is 3. The van der Waals surface area contributed by atoms with Gasteiger partial charge in [-0.3, -0.25) is 14.5 Å². The third-order valence-corrected chi connectivity index (χ3v) is 5.35. The Bertz CT molecular complexity index is 992. The van der Waals surface area contributed by atoms with Crippen LogP contribution in [0.25, 0.3) is 0 Å². The van der Waals surface area contributed by atoms with Crippen molar-refractivity contribution in [1.82, 2.24) is 10.2 Å². The zero-order valence-corrected chi connectivity index (χ0v) is 18.3. The number of hydrogen-bond donors (Lipinski definition) is 1. The number of para-hydroxylation sites is 1. The number of imide groups is 1. The minimum atomic E-state index is -1.33. The van der Waals surface area contributed by atoms with Crippen LogP contribution in [0.15, 0.2) is 48.5 Å². The van der Waals surface area contributed by atoms with Gasteiger partial charge in [0.2, 0.25) is 5.91 Å². The number of amides is 4. The fourth-order valence-electron chi connectivity index (χ4n) is 3.71. The van der Waals surface area contributed by atoms with Crippen molar-refractivity contribution < 1.29 is 23.9 Å². The lowest BCUT2D eigenvalue weighted by atomic mass is 9.91. The van der Waals surface area contributed by atoms with E-state index in [2.05, 4.69) is 5.32 Å². The molecular formula is C23H27N3O5. The minimum absolute atomic E-state index is 0.145. The highest BCUT2D eigenvalue weighted by molar-refractivity contribution is 6.10. The lowest BCUT2D eigenvalue weighted by molar-refractivity contribution is -0.134. The molecule has 4 amide bonds. The molecule has 1 atom stereocenters. The quantitative estimate of drug-likeness (QED) is 0.689. The summed E-state index contributed by atoms with van der Waals surface area (Å²) in [7, 11) is 3.01. The average Bonchev–Trinajstić information content (AvgIpc) is 2.97. The first kappa shape index (κ1) is 22.1. The van der Waals surface area contributed by atoms with Gasteiger partial charge in [0.15, 0.2) is 11.5 Å². The molecule has 31 heavy (non-hydrogen) atoms. The Kier molecular flexibility index (Phi) is 6.19. The Morgan fingerprint density at radius 1 is 1.06 bits per heavy atom. The molecule has 1 fully saturated rings. The molecule has 3 rings (SSSR count). The number of nitrogens with zero attached hydrogens (tertiary/aromatic N) is 2. The Morgan fingerprint density at radius 2 is 1.71 bits per heavy atom. The van der Waals surface area contributed by atoms with E-state index in [1.165, 1.54) is 14.2 Å². The van der Waals surface area contributed by atoms with Gasteiger partial charge in [0.05, 0.1) is 14.2 Å². The zero-order chi connectivity index (χ0) is 22.8. The van der Waals surface area contributed by atoms with Crippen molar-refractivity contribution in [3.63, 3.8) is 0 Å². The third kappa shape index (κ3) is 4.05. The SMILES string of the molecule is COc1ccc([C@@]2(C)NC(=O)N(CC(=O)N(c3ccccc3)C(C)C)C2=O)cc1OC. The second-order valence-corrected chi connectivity index (χ2v) is 7.71. The summed E-state index contributed by atoms with van der Waals surface area (Å²) >= 11 is 0. The largest absolute Gasteiger partial charge is 0.493 e. The molecular weight excluding hydrogens is 398 g/mol. The van der Waals surface area contributed by atoms with Crippen molar-refractivity contribution in [3.05, 3.63) is 54.1 Å². The van der Waals surface area contributed by atoms with Crippen LogP contribution in [0.5, 0.6) is 11.5 Å². The molecule has 0 unspecified atom stereocenters. The number of carbonyl (C=O) groups is 3. The van der Waals surface area contributed by atoms with Crippen molar-refractivity contribution in [1.29, 1.82) is 0 Å². The average molecular weight is 425 g/mol. The molecule has 0 radical (unpaired) electrons. The van der Waals surface area contributed by atoms with E-state index in [1.54, 1.807) is 30.0 Å². The van der Waals surface area contributed by atoms with E-state index in [1.807, 2.05) is 44.2 Å². The van der Waals surface area contributed by atoms with Crippen LogP contribution in [-0.2, 0) is 15.1 Å². The molecule has 1 N–H and O–H groups in total. The number of anilines is 1. The first-order valence-electron chi connectivity index (χ1n) is 9.96. The summed E-state index contributed by atoms with van der Waals surface area (Å²) in [6.45, 7) is 5.01. The Hall–Kier alpha value is -3.55. The lowest BCUT2D eigenvalue weighted by Gasteiger charge is -2.28. The second kappa shape index (κ2) is 8.67. The number of methoxy groups -OCH3 is 2. The van der Waals surface area contributed by atoms with Gasteiger partial charge in [0, 0.05) is 11.7 Å². The Balaban J connectivity index is 1.87. The summed E-state index contributed by atoms with van der Waals surface area (Å²) in [5.74, 6) is 0.0954. The summed E-state index contributed by atoms with van der Waals surface area (Å²) in [4.78, 5) is 41.6. The summed E-state index contributed by atoms with van der Waals surface area (Å²) in [6, 6.07) is 13.4. The molecule has 0 saturated carbocycles. The van der Waals surface area contributed by atoms with E-state index >= 15 is 0 Å². The monoisotopic (exact) mass is 425 g/mol. The molecule has 2 aromatic rings. The summed E-state index contributed by atoms with van der Waals surface area (Å²) in [6.07, 6.45) is 0. The maximum absolute atomic E-state index is 13.3. The van der Waals surface area contributed by atoms with Crippen LogP contribution >= 0.6 is 0 Å². The van der Waals surface area contributed by atoms with Gasteiger partial charge in [-0.2, -0.15) is 0 Å². The molecule has 0 bridgehead atoms. The third-order valence-electron chi connectivity index (χ3n) is 5.35. The highest BCUT2D eigenvalue weighted by Crippen LogP contribution is 2.35. The molecule has 8 heteroatoms. The highest BCUT2D eigenvalue weighted by Gasteiger charge is 2.50. The van der Waals surface area contributed by atoms with Gasteiger partial charge in [0.25, 0.3) is 5.91 Å². The van der Waals surface area contributed by atoms with Gasteiger partial charge in [-0.05, 0) is 50.6 Å². The van der Waals surface area contributed by atoms with Crippen molar-refractivity contribution in [2.75, 3.05) is 25.7 Å². The maximum Gasteiger partial charge on any atom is 0.325 e. The van der Waals surface area contributed by atoms with E-state index in [4.69, 9.17) is 9.47 Å². The standard InChI is InChI=1S/C23H27N3O5/c1-15(2)26(17-9-7-6-8-10-17)20(27)14-25-21(28)23(3,24-22(25)29)16-11-12-18(30-4)19(13-16)31-5/h6-13,15H,14H2,1-5H3,(H,24,29)/t23-/m1/s1. The molecule has 1 saturated heterocycles. The van der Waals surface area contributed by atoms with Crippen LogP contribution in [0, 0.1) is 0 Å². The molecule has 1 aliphatic rings. The molecule has 0 aliphatic carbocycles. The van der Waals surface area contributed by atoms with E-state index in [9.17, 15) is 14.4 Å². The lowest BCUT2D eigenvalue weighted by Crippen LogP contribution is -2.46. The van der Waals surface area contributed by atoms with Gasteiger partial charge in [-0.25, -0.2) is 4.79 Å². The van der Waals surface area contributed by atoms with Crippen LogP contribution in [0.4, 0.5) is 10.5 Å². The fraction of sp³-hybridized carbons (Fsp3) is 0.348. The van der Waals surface area contributed by atoms with Crippen LogP contribution < -0.4 is 19.7 Å². The van der Waals surface area contributed by atoms with Crippen molar-refractivity contribution in [3.8, 4) is 11.5 Å². The van der Waals surface area contributed by atoms with Crippen molar-refractivity contribution in [2.45, 2.75) is 32.4 Å². The van der Waals surface area contributed by atoms with Crippen LogP contribution in [0.2, 0.25) is 0 Å². The molecule has 2 aromatic carbocycles. The van der Waals surface area contributed by atoms with Gasteiger partial charge in [0.1, 0.15) is 12.1 Å².